The van der Waals surface area contributed by atoms with Crippen molar-refractivity contribution in [3.05, 3.63) is 103 Å². The zero-order valence-corrected chi connectivity index (χ0v) is 14.6. The molecule has 0 unspecified atom stereocenters. The van der Waals surface area contributed by atoms with Gasteiger partial charge in [-0.25, -0.2) is 4.68 Å². The van der Waals surface area contributed by atoms with Crippen molar-refractivity contribution in [3.63, 3.8) is 0 Å². The van der Waals surface area contributed by atoms with Crippen LogP contribution in [-0.2, 0) is 6.54 Å². The second-order valence-electron chi connectivity index (χ2n) is 6.07. The molecular weight excluding hydrogens is 336 g/mol. The second kappa shape index (κ2) is 7.66. The van der Waals surface area contributed by atoms with Gasteiger partial charge in [-0.2, -0.15) is 5.10 Å². The van der Waals surface area contributed by atoms with Gasteiger partial charge in [-0.3, -0.25) is 9.78 Å². The molecule has 5 nitrogen and oxygen atoms in total. The molecule has 0 aliphatic carbocycles. The van der Waals surface area contributed by atoms with Crippen LogP contribution in [0, 0.1) is 0 Å². The minimum atomic E-state index is -0.183. The van der Waals surface area contributed by atoms with E-state index in [9.17, 15) is 4.79 Å². The van der Waals surface area contributed by atoms with Crippen LogP contribution in [0.4, 0.5) is 0 Å². The van der Waals surface area contributed by atoms with Gasteiger partial charge in [-0.1, -0.05) is 54.6 Å². The first-order valence-electron chi connectivity index (χ1n) is 8.69. The summed E-state index contributed by atoms with van der Waals surface area (Å²) in [6.45, 7) is 0.410. The first kappa shape index (κ1) is 16.7. The maximum absolute atomic E-state index is 12.9. The second-order valence-corrected chi connectivity index (χ2v) is 6.07. The Kier molecular flexibility index (Phi) is 4.74. The third kappa shape index (κ3) is 3.77. The Morgan fingerprint density at radius 3 is 2.37 bits per heavy atom. The van der Waals surface area contributed by atoms with Crippen LogP contribution in [0.2, 0.25) is 0 Å². The quantitative estimate of drug-likeness (QED) is 0.592. The third-order valence-electron chi connectivity index (χ3n) is 4.19. The van der Waals surface area contributed by atoms with Gasteiger partial charge in [-0.15, -0.1) is 0 Å². The molecule has 1 amide bonds. The average Bonchev–Trinajstić information content (AvgIpc) is 3.20. The van der Waals surface area contributed by atoms with Crippen molar-refractivity contribution in [2.24, 2.45) is 0 Å². The minimum Gasteiger partial charge on any atom is -0.347 e. The van der Waals surface area contributed by atoms with Gasteiger partial charge < -0.3 is 5.32 Å². The van der Waals surface area contributed by atoms with Crippen molar-refractivity contribution in [1.29, 1.82) is 0 Å². The van der Waals surface area contributed by atoms with E-state index in [0.717, 1.165) is 22.5 Å². The Bertz CT molecular complexity index is 1030. The highest BCUT2D eigenvalue weighted by Gasteiger charge is 2.17. The molecule has 132 valence electrons. The largest absolute Gasteiger partial charge is 0.347 e. The standard InChI is InChI=1S/C22H18N4O/c27-22(24-16-17-8-7-13-23-15-17)21-14-20(18-9-3-1-4-10-18)25-26(21)19-11-5-2-6-12-19/h1-15H,16H2,(H,24,27). The van der Waals surface area contributed by atoms with Crippen LogP contribution in [0.15, 0.2) is 91.3 Å². The smallest absolute Gasteiger partial charge is 0.270 e. The summed E-state index contributed by atoms with van der Waals surface area (Å²) in [7, 11) is 0. The zero-order chi connectivity index (χ0) is 18.5. The van der Waals surface area contributed by atoms with E-state index in [1.54, 1.807) is 17.1 Å². The summed E-state index contributed by atoms with van der Waals surface area (Å²) in [4.78, 5) is 16.9. The van der Waals surface area contributed by atoms with Crippen molar-refractivity contribution < 1.29 is 4.79 Å². The topological polar surface area (TPSA) is 59.8 Å². The van der Waals surface area contributed by atoms with Crippen LogP contribution < -0.4 is 5.32 Å². The fraction of sp³-hybridized carbons (Fsp3) is 0.0455. The van der Waals surface area contributed by atoms with E-state index >= 15 is 0 Å². The molecule has 4 aromatic rings. The SMILES string of the molecule is O=C(NCc1cccnc1)c1cc(-c2ccccc2)nn1-c1ccccc1. The van der Waals surface area contributed by atoms with Crippen LogP contribution in [0.25, 0.3) is 16.9 Å². The Morgan fingerprint density at radius 1 is 0.926 bits per heavy atom. The molecule has 0 saturated carbocycles. The third-order valence-corrected chi connectivity index (χ3v) is 4.19. The van der Waals surface area contributed by atoms with Gasteiger partial charge in [0, 0.05) is 24.5 Å². The predicted molar refractivity (Wildman–Crippen MR) is 104 cm³/mol. The number of hydrogen-bond donors (Lipinski definition) is 1. The molecule has 4 rings (SSSR count). The van der Waals surface area contributed by atoms with Gasteiger partial charge in [0.05, 0.1) is 11.4 Å². The average molecular weight is 354 g/mol. The highest BCUT2D eigenvalue weighted by atomic mass is 16.2. The number of carbonyl (C=O) groups excluding carboxylic acids is 1. The highest BCUT2D eigenvalue weighted by Crippen LogP contribution is 2.21. The number of rotatable bonds is 5. The molecule has 0 saturated heterocycles. The van der Waals surface area contributed by atoms with Crippen LogP contribution in [-0.4, -0.2) is 20.7 Å². The van der Waals surface area contributed by atoms with E-state index in [4.69, 9.17) is 0 Å². The number of benzene rings is 2. The van der Waals surface area contributed by atoms with Crippen molar-refractivity contribution in [3.8, 4) is 16.9 Å². The summed E-state index contributed by atoms with van der Waals surface area (Å²) < 4.78 is 1.68. The van der Waals surface area contributed by atoms with Gasteiger partial charge >= 0.3 is 0 Å². The zero-order valence-electron chi connectivity index (χ0n) is 14.6. The molecule has 0 fully saturated rings. The summed E-state index contributed by atoms with van der Waals surface area (Å²) in [5.41, 5.74) is 3.99. The number of pyridine rings is 1. The maximum atomic E-state index is 12.9. The van der Waals surface area contributed by atoms with E-state index in [-0.39, 0.29) is 5.91 Å². The van der Waals surface area contributed by atoms with Gasteiger partial charge in [0.1, 0.15) is 5.69 Å². The van der Waals surface area contributed by atoms with Gasteiger partial charge in [0.25, 0.3) is 5.91 Å². The lowest BCUT2D eigenvalue weighted by atomic mass is 10.1. The van der Waals surface area contributed by atoms with Crippen LogP contribution in [0.1, 0.15) is 16.1 Å². The number of nitrogens with one attached hydrogen (secondary N) is 1. The molecule has 2 heterocycles. The summed E-state index contributed by atoms with van der Waals surface area (Å²) in [5.74, 6) is -0.183. The maximum Gasteiger partial charge on any atom is 0.270 e. The molecule has 0 spiro atoms. The monoisotopic (exact) mass is 354 g/mol. The predicted octanol–water partition coefficient (Wildman–Crippen LogP) is 3.86. The number of para-hydroxylation sites is 1. The Morgan fingerprint density at radius 2 is 1.67 bits per heavy atom. The molecule has 27 heavy (non-hydrogen) atoms. The summed E-state index contributed by atoms with van der Waals surface area (Å²) in [5, 5.41) is 7.62. The molecule has 0 aliphatic heterocycles. The minimum absolute atomic E-state index is 0.183. The molecule has 0 radical (unpaired) electrons. The van der Waals surface area contributed by atoms with Crippen LogP contribution in [0.5, 0.6) is 0 Å². The van der Waals surface area contributed by atoms with E-state index in [2.05, 4.69) is 15.4 Å². The van der Waals surface area contributed by atoms with E-state index in [0.29, 0.717) is 12.2 Å². The molecule has 2 aromatic heterocycles. The van der Waals surface area contributed by atoms with Gasteiger partial charge in [0.15, 0.2) is 0 Å². The first-order chi connectivity index (χ1) is 13.3. The van der Waals surface area contributed by atoms with Crippen LogP contribution >= 0.6 is 0 Å². The Balaban J connectivity index is 1.67. The Hall–Kier alpha value is -3.73. The highest BCUT2D eigenvalue weighted by molar-refractivity contribution is 5.94. The fourth-order valence-electron chi connectivity index (χ4n) is 2.83. The van der Waals surface area contributed by atoms with Crippen molar-refractivity contribution in [1.82, 2.24) is 20.1 Å². The summed E-state index contributed by atoms with van der Waals surface area (Å²) in [6.07, 6.45) is 3.45. The molecule has 0 atom stereocenters. The van der Waals surface area contributed by atoms with Crippen LogP contribution in [0.3, 0.4) is 0 Å². The first-order valence-corrected chi connectivity index (χ1v) is 8.69. The molecule has 2 aromatic carbocycles. The Labute approximate surface area is 157 Å². The molecule has 0 aliphatic rings. The van der Waals surface area contributed by atoms with Gasteiger partial charge in [-0.05, 0) is 29.8 Å². The van der Waals surface area contributed by atoms with Crippen molar-refractivity contribution >= 4 is 5.91 Å². The number of amides is 1. The molecular formula is C22H18N4O. The molecule has 0 bridgehead atoms. The lowest BCUT2D eigenvalue weighted by Gasteiger charge is -2.08. The van der Waals surface area contributed by atoms with Crippen molar-refractivity contribution in [2.45, 2.75) is 6.54 Å². The van der Waals surface area contributed by atoms with Crippen molar-refractivity contribution in [2.75, 3.05) is 0 Å². The molecule has 1 N–H and O–H groups in total. The lowest BCUT2D eigenvalue weighted by molar-refractivity contribution is 0.0943. The summed E-state index contributed by atoms with van der Waals surface area (Å²) in [6, 6.07) is 25.1. The normalized spacial score (nSPS) is 10.5. The number of hydrogen-bond acceptors (Lipinski definition) is 3. The molecule has 5 heteroatoms. The summed E-state index contributed by atoms with van der Waals surface area (Å²) >= 11 is 0. The van der Waals surface area contributed by atoms with E-state index in [1.807, 2.05) is 78.9 Å². The van der Waals surface area contributed by atoms with E-state index in [1.165, 1.54) is 0 Å². The fourth-order valence-corrected chi connectivity index (χ4v) is 2.83. The number of aromatic nitrogens is 3. The number of nitrogens with zero attached hydrogens (tertiary/aromatic N) is 3. The van der Waals surface area contributed by atoms with Gasteiger partial charge in [0.2, 0.25) is 0 Å². The lowest BCUT2D eigenvalue weighted by Crippen LogP contribution is -2.25. The van der Waals surface area contributed by atoms with E-state index < -0.39 is 0 Å². The number of carbonyl (C=O) groups is 1.